The van der Waals surface area contributed by atoms with Gasteiger partial charge in [-0.2, -0.15) is 0 Å². The molecule has 0 aliphatic carbocycles. The Morgan fingerprint density at radius 1 is 1.16 bits per heavy atom. The molecule has 0 aliphatic rings. The van der Waals surface area contributed by atoms with Crippen molar-refractivity contribution in [3.05, 3.63) is 35.9 Å². The molecular formula is C13H19O5P. The van der Waals surface area contributed by atoms with Crippen molar-refractivity contribution in [1.29, 1.82) is 0 Å². The first kappa shape index (κ1) is 15.9. The van der Waals surface area contributed by atoms with Gasteiger partial charge in [0.25, 0.3) is 0 Å². The molecule has 0 spiro atoms. The Balaban J connectivity index is 2.84. The Morgan fingerprint density at radius 2 is 1.74 bits per heavy atom. The van der Waals surface area contributed by atoms with Gasteiger partial charge in [-0.15, -0.1) is 0 Å². The maximum Gasteiger partial charge on any atom is 0.331 e. The number of hydrogen-bond donors (Lipinski definition) is 0. The average Bonchev–Trinajstić information content (AvgIpc) is 2.46. The number of methoxy groups -OCH3 is 1. The van der Waals surface area contributed by atoms with Crippen LogP contribution in [0.4, 0.5) is 0 Å². The molecule has 0 amide bonds. The van der Waals surface area contributed by atoms with Gasteiger partial charge in [0.2, 0.25) is 0 Å². The molecule has 1 rings (SSSR count). The SMILES string of the molecule is COC(=O)[C@H](Cc1ccccc1)CP(=O)(OC)OC. The maximum absolute atomic E-state index is 12.1. The van der Waals surface area contributed by atoms with Crippen molar-refractivity contribution in [1.82, 2.24) is 0 Å². The summed E-state index contributed by atoms with van der Waals surface area (Å²) in [6.07, 6.45) is 0.436. The normalized spacial score (nSPS) is 13.0. The third kappa shape index (κ3) is 4.78. The predicted molar refractivity (Wildman–Crippen MR) is 72.1 cm³/mol. The summed E-state index contributed by atoms with van der Waals surface area (Å²) in [6.45, 7) is 0. The zero-order valence-electron chi connectivity index (χ0n) is 11.4. The predicted octanol–water partition coefficient (Wildman–Crippen LogP) is 2.50. The Morgan fingerprint density at radius 3 is 2.21 bits per heavy atom. The highest BCUT2D eigenvalue weighted by molar-refractivity contribution is 7.53. The summed E-state index contributed by atoms with van der Waals surface area (Å²) in [7, 11) is 0.682. The lowest BCUT2D eigenvalue weighted by Crippen LogP contribution is -2.23. The Labute approximate surface area is 113 Å². The summed E-state index contributed by atoms with van der Waals surface area (Å²) in [6, 6.07) is 9.47. The Hall–Kier alpha value is -1.16. The van der Waals surface area contributed by atoms with E-state index in [0.29, 0.717) is 6.42 Å². The number of benzene rings is 1. The van der Waals surface area contributed by atoms with E-state index in [1.807, 2.05) is 30.3 Å². The van der Waals surface area contributed by atoms with Crippen molar-refractivity contribution in [2.75, 3.05) is 27.5 Å². The summed E-state index contributed by atoms with van der Waals surface area (Å²) in [5, 5.41) is 0. The first-order valence-electron chi connectivity index (χ1n) is 5.87. The second-order valence-electron chi connectivity index (χ2n) is 4.07. The zero-order chi connectivity index (χ0) is 14.3. The number of esters is 1. The number of hydrogen-bond acceptors (Lipinski definition) is 5. The highest BCUT2D eigenvalue weighted by Crippen LogP contribution is 2.48. The molecule has 19 heavy (non-hydrogen) atoms. The van der Waals surface area contributed by atoms with Crippen LogP contribution in [-0.2, 0) is 29.6 Å². The summed E-state index contributed by atoms with van der Waals surface area (Å²) >= 11 is 0. The molecule has 0 bridgehead atoms. The number of rotatable bonds is 7. The van der Waals surface area contributed by atoms with Gasteiger partial charge in [0.1, 0.15) is 0 Å². The van der Waals surface area contributed by atoms with Crippen LogP contribution in [0.5, 0.6) is 0 Å². The molecule has 1 aromatic rings. The van der Waals surface area contributed by atoms with Crippen molar-refractivity contribution in [2.24, 2.45) is 5.92 Å². The highest BCUT2D eigenvalue weighted by Gasteiger charge is 2.31. The first-order chi connectivity index (χ1) is 9.04. The van der Waals surface area contributed by atoms with Gasteiger partial charge in [0.15, 0.2) is 0 Å². The van der Waals surface area contributed by atoms with E-state index in [9.17, 15) is 9.36 Å². The van der Waals surface area contributed by atoms with Crippen molar-refractivity contribution in [3.63, 3.8) is 0 Å². The largest absolute Gasteiger partial charge is 0.469 e. The molecule has 0 saturated heterocycles. The fourth-order valence-electron chi connectivity index (χ4n) is 1.78. The van der Waals surface area contributed by atoms with Crippen LogP contribution in [0.2, 0.25) is 0 Å². The van der Waals surface area contributed by atoms with E-state index in [-0.39, 0.29) is 6.16 Å². The highest BCUT2D eigenvalue weighted by atomic mass is 31.2. The minimum Gasteiger partial charge on any atom is -0.469 e. The van der Waals surface area contributed by atoms with Gasteiger partial charge in [0, 0.05) is 14.2 Å². The zero-order valence-corrected chi connectivity index (χ0v) is 12.3. The smallest absolute Gasteiger partial charge is 0.331 e. The van der Waals surface area contributed by atoms with E-state index >= 15 is 0 Å². The van der Waals surface area contributed by atoms with Crippen LogP contribution >= 0.6 is 7.60 Å². The summed E-state index contributed by atoms with van der Waals surface area (Å²) < 4.78 is 26.6. The molecule has 0 radical (unpaired) electrons. The van der Waals surface area contributed by atoms with Crippen molar-refractivity contribution in [3.8, 4) is 0 Å². The molecule has 106 valence electrons. The van der Waals surface area contributed by atoms with Gasteiger partial charge in [-0.3, -0.25) is 9.36 Å². The minimum atomic E-state index is -3.24. The standard InChI is InChI=1S/C13H19O5P/c1-16-13(14)12(10-19(15,17-2)18-3)9-11-7-5-4-6-8-11/h4-8,12H,9-10H2,1-3H3/t12-/m1/s1. The van der Waals surface area contributed by atoms with Crippen LogP contribution in [0, 0.1) is 5.92 Å². The van der Waals surface area contributed by atoms with E-state index in [1.165, 1.54) is 21.3 Å². The Bertz CT molecular complexity index is 438. The fraction of sp³-hybridized carbons (Fsp3) is 0.462. The van der Waals surface area contributed by atoms with Gasteiger partial charge in [-0.25, -0.2) is 0 Å². The van der Waals surface area contributed by atoms with Crippen LogP contribution in [0.1, 0.15) is 5.56 Å². The van der Waals surface area contributed by atoms with Gasteiger partial charge in [-0.05, 0) is 12.0 Å². The quantitative estimate of drug-likeness (QED) is 0.569. The molecule has 6 heteroatoms. The summed E-state index contributed by atoms with van der Waals surface area (Å²) in [5.74, 6) is -0.976. The molecule has 5 nitrogen and oxygen atoms in total. The monoisotopic (exact) mass is 286 g/mol. The van der Waals surface area contributed by atoms with Crippen LogP contribution in [0.3, 0.4) is 0 Å². The molecule has 0 fully saturated rings. The van der Waals surface area contributed by atoms with Gasteiger partial charge in [0.05, 0.1) is 19.2 Å². The number of carbonyl (C=O) groups excluding carboxylic acids is 1. The molecule has 1 aromatic carbocycles. The summed E-state index contributed by atoms with van der Waals surface area (Å²) in [4.78, 5) is 11.8. The third-order valence-corrected chi connectivity index (χ3v) is 4.86. The third-order valence-electron chi connectivity index (χ3n) is 2.86. The lowest BCUT2D eigenvalue weighted by atomic mass is 10.0. The Kier molecular flexibility index (Phi) is 6.22. The molecule has 0 aliphatic heterocycles. The number of ether oxygens (including phenoxy) is 1. The minimum absolute atomic E-state index is 0.00156. The fourth-order valence-corrected chi connectivity index (χ4v) is 3.05. The van der Waals surface area contributed by atoms with E-state index in [1.54, 1.807) is 0 Å². The van der Waals surface area contributed by atoms with E-state index < -0.39 is 19.5 Å². The van der Waals surface area contributed by atoms with Crippen LogP contribution in [0.15, 0.2) is 30.3 Å². The lowest BCUT2D eigenvalue weighted by molar-refractivity contribution is -0.144. The van der Waals surface area contributed by atoms with Crippen molar-refractivity contribution >= 4 is 13.6 Å². The van der Waals surface area contributed by atoms with Gasteiger partial charge in [-0.1, -0.05) is 30.3 Å². The molecule has 1 atom stereocenters. The van der Waals surface area contributed by atoms with E-state index in [2.05, 4.69) is 0 Å². The number of carbonyl (C=O) groups is 1. The van der Waals surface area contributed by atoms with E-state index in [0.717, 1.165) is 5.56 Å². The van der Waals surface area contributed by atoms with Crippen molar-refractivity contribution < 1.29 is 23.1 Å². The van der Waals surface area contributed by atoms with Gasteiger partial charge >= 0.3 is 13.6 Å². The van der Waals surface area contributed by atoms with Crippen LogP contribution in [-0.4, -0.2) is 33.5 Å². The molecule has 0 saturated carbocycles. The van der Waals surface area contributed by atoms with Crippen molar-refractivity contribution in [2.45, 2.75) is 6.42 Å². The molecular weight excluding hydrogens is 267 g/mol. The summed E-state index contributed by atoms with van der Waals surface area (Å²) in [5.41, 5.74) is 0.969. The maximum atomic E-state index is 12.1. The second-order valence-corrected chi connectivity index (χ2v) is 6.39. The van der Waals surface area contributed by atoms with Crippen LogP contribution in [0.25, 0.3) is 0 Å². The molecule has 0 heterocycles. The lowest BCUT2D eigenvalue weighted by Gasteiger charge is -2.19. The molecule has 0 N–H and O–H groups in total. The average molecular weight is 286 g/mol. The van der Waals surface area contributed by atoms with Gasteiger partial charge < -0.3 is 13.8 Å². The van der Waals surface area contributed by atoms with Crippen LogP contribution < -0.4 is 0 Å². The topological polar surface area (TPSA) is 61.8 Å². The second kappa shape index (κ2) is 7.43. The molecule has 0 unspecified atom stereocenters. The first-order valence-corrected chi connectivity index (χ1v) is 7.59. The molecule has 0 aromatic heterocycles. The van der Waals surface area contributed by atoms with E-state index in [4.69, 9.17) is 13.8 Å².